The molecule has 0 unspecified atom stereocenters. The first-order valence-corrected chi connectivity index (χ1v) is 11.0. The highest BCUT2D eigenvalue weighted by atomic mass is 16.2. The molecule has 0 fully saturated rings. The number of nitrogens with one attached hydrogen (secondary N) is 1. The normalized spacial score (nSPS) is 13.8. The zero-order chi connectivity index (χ0) is 22.3. The Hall–Kier alpha value is -4.38. The predicted octanol–water partition coefficient (Wildman–Crippen LogP) is 5.76. The van der Waals surface area contributed by atoms with Gasteiger partial charge in [-0.15, -0.1) is 0 Å². The van der Waals surface area contributed by atoms with E-state index in [0.717, 1.165) is 49.2 Å². The van der Waals surface area contributed by atoms with Gasteiger partial charge < -0.3 is 9.55 Å². The van der Waals surface area contributed by atoms with Gasteiger partial charge in [0.15, 0.2) is 0 Å². The second-order valence-corrected chi connectivity index (χ2v) is 8.65. The Morgan fingerprint density at radius 2 is 1.39 bits per heavy atom. The third-order valence-corrected chi connectivity index (χ3v) is 6.90. The number of aromatic amines is 1. The van der Waals surface area contributed by atoms with Crippen LogP contribution in [0.15, 0.2) is 78.9 Å². The number of benzene rings is 4. The van der Waals surface area contributed by atoms with Gasteiger partial charge in [0, 0.05) is 39.6 Å². The van der Waals surface area contributed by atoms with E-state index in [1.807, 2.05) is 67.7 Å². The molecular weight excluding hydrogens is 410 g/mol. The number of fused-ring (bicyclic) bond motifs is 10. The first-order chi connectivity index (χ1) is 16.1. The van der Waals surface area contributed by atoms with Crippen LogP contribution in [0.3, 0.4) is 0 Å². The van der Waals surface area contributed by atoms with Crippen LogP contribution in [0.1, 0.15) is 26.3 Å². The molecule has 0 saturated heterocycles. The maximum Gasteiger partial charge on any atom is 0.264 e. The van der Waals surface area contributed by atoms with Crippen molar-refractivity contribution in [2.24, 2.45) is 7.05 Å². The largest absolute Gasteiger partial charge is 0.354 e. The number of carbonyl (C=O) groups is 2. The van der Waals surface area contributed by atoms with Crippen molar-refractivity contribution in [1.29, 1.82) is 0 Å². The Labute approximate surface area is 188 Å². The van der Waals surface area contributed by atoms with E-state index >= 15 is 0 Å². The van der Waals surface area contributed by atoms with Crippen molar-refractivity contribution < 1.29 is 9.59 Å². The predicted molar refractivity (Wildman–Crippen MR) is 130 cm³/mol. The van der Waals surface area contributed by atoms with Gasteiger partial charge >= 0.3 is 0 Å². The number of imide groups is 1. The number of amides is 2. The summed E-state index contributed by atoms with van der Waals surface area (Å²) in [5.41, 5.74) is 5.44. The van der Waals surface area contributed by atoms with E-state index in [0.29, 0.717) is 11.1 Å². The van der Waals surface area contributed by atoms with Crippen molar-refractivity contribution >= 4 is 55.4 Å². The number of hydrogen-bond acceptors (Lipinski definition) is 2. The number of para-hydroxylation sites is 2. The molecule has 7 rings (SSSR count). The second kappa shape index (κ2) is 6.33. The monoisotopic (exact) mass is 429 g/mol. The third kappa shape index (κ3) is 2.26. The van der Waals surface area contributed by atoms with Gasteiger partial charge in [-0.1, -0.05) is 66.7 Å². The summed E-state index contributed by atoms with van der Waals surface area (Å²) in [5.74, 6) is -0.488. The molecule has 1 aliphatic heterocycles. The van der Waals surface area contributed by atoms with Crippen LogP contribution in [-0.4, -0.2) is 26.3 Å². The summed E-state index contributed by atoms with van der Waals surface area (Å²) in [7, 11) is 1.98. The summed E-state index contributed by atoms with van der Waals surface area (Å²) in [6.07, 6.45) is 0. The van der Waals surface area contributed by atoms with Gasteiger partial charge in [-0.25, -0.2) is 0 Å². The highest BCUT2D eigenvalue weighted by Crippen LogP contribution is 2.44. The van der Waals surface area contributed by atoms with E-state index in [4.69, 9.17) is 0 Å². The summed E-state index contributed by atoms with van der Waals surface area (Å²) in [6.45, 7) is 0.250. The fraction of sp³-hybridized carbons (Fsp3) is 0.0714. The number of hydrogen-bond donors (Lipinski definition) is 1. The molecule has 0 spiro atoms. The van der Waals surface area contributed by atoms with Crippen LogP contribution in [0, 0.1) is 0 Å². The number of H-pyrrole nitrogens is 1. The van der Waals surface area contributed by atoms with Crippen molar-refractivity contribution in [2.45, 2.75) is 6.54 Å². The van der Waals surface area contributed by atoms with Crippen LogP contribution in [0.5, 0.6) is 0 Å². The van der Waals surface area contributed by atoms with E-state index < -0.39 is 0 Å². The molecule has 4 aromatic carbocycles. The zero-order valence-corrected chi connectivity index (χ0v) is 17.9. The number of rotatable bonds is 2. The van der Waals surface area contributed by atoms with E-state index in [1.165, 1.54) is 4.90 Å². The van der Waals surface area contributed by atoms with Gasteiger partial charge in [-0.3, -0.25) is 14.5 Å². The number of nitrogens with zero attached hydrogens (tertiary/aromatic N) is 2. The summed E-state index contributed by atoms with van der Waals surface area (Å²) >= 11 is 0. The first kappa shape index (κ1) is 18.2. The minimum absolute atomic E-state index is 0.240. The van der Waals surface area contributed by atoms with Crippen LogP contribution >= 0.6 is 0 Å². The van der Waals surface area contributed by atoms with Gasteiger partial charge in [0.25, 0.3) is 11.8 Å². The average molecular weight is 429 g/mol. The molecule has 1 aliphatic rings. The minimum atomic E-state index is -0.248. The molecule has 5 heteroatoms. The van der Waals surface area contributed by atoms with Gasteiger partial charge in [0.2, 0.25) is 0 Å². The van der Waals surface area contributed by atoms with Crippen LogP contribution in [0.2, 0.25) is 0 Å². The van der Waals surface area contributed by atoms with Crippen LogP contribution in [0.25, 0.3) is 43.6 Å². The van der Waals surface area contributed by atoms with Crippen LogP contribution in [-0.2, 0) is 13.6 Å². The fourth-order valence-electron chi connectivity index (χ4n) is 5.47. The molecule has 0 bridgehead atoms. The molecule has 158 valence electrons. The van der Waals surface area contributed by atoms with Gasteiger partial charge in [-0.05, 0) is 17.7 Å². The van der Waals surface area contributed by atoms with Gasteiger partial charge in [0.1, 0.15) is 0 Å². The lowest BCUT2D eigenvalue weighted by Gasteiger charge is -2.13. The lowest BCUT2D eigenvalue weighted by molar-refractivity contribution is 0.0643. The number of aryl methyl sites for hydroxylation is 1. The fourth-order valence-corrected chi connectivity index (χ4v) is 5.47. The summed E-state index contributed by atoms with van der Waals surface area (Å²) in [5, 5.41) is 4.15. The zero-order valence-electron chi connectivity index (χ0n) is 17.9. The van der Waals surface area contributed by atoms with Crippen molar-refractivity contribution in [1.82, 2.24) is 14.5 Å². The highest BCUT2D eigenvalue weighted by Gasteiger charge is 2.41. The van der Waals surface area contributed by atoms with E-state index in [2.05, 4.69) is 27.8 Å². The summed E-state index contributed by atoms with van der Waals surface area (Å²) in [4.78, 5) is 32.4. The lowest BCUT2D eigenvalue weighted by atomic mass is 9.98. The standard InChI is InChI=1S/C28H19N3O2/c1-30-20-14-8-6-12-18(20)22-21-17-11-5-7-13-19(17)29-25(21)23-24(26(22)30)28(33)31(27(23)32)15-16-9-3-2-4-10-16/h2-14,29H,15H2,1H3. The maximum atomic E-state index is 13.8. The second-order valence-electron chi connectivity index (χ2n) is 8.65. The molecule has 0 radical (unpaired) electrons. The summed E-state index contributed by atoms with van der Waals surface area (Å²) in [6, 6.07) is 25.9. The van der Waals surface area contributed by atoms with Crippen LogP contribution < -0.4 is 0 Å². The Morgan fingerprint density at radius 3 is 2.21 bits per heavy atom. The van der Waals surface area contributed by atoms with Crippen molar-refractivity contribution in [3.8, 4) is 0 Å². The quantitative estimate of drug-likeness (QED) is 0.356. The molecule has 2 aromatic heterocycles. The molecule has 0 aliphatic carbocycles. The molecule has 6 aromatic rings. The average Bonchev–Trinajstić information content (AvgIpc) is 3.45. The Morgan fingerprint density at radius 1 is 0.727 bits per heavy atom. The van der Waals surface area contributed by atoms with Crippen molar-refractivity contribution in [3.63, 3.8) is 0 Å². The van der Waals surface area contributed by atoms with Gasteiger partial charge in [-0.2, -0.15) is 0 Å². The van der Waals surface area contributed by atoms with Crippen molar-refractivity contribution in [3.05, 3.63) is 95.6 Å². The first-order valence-electron chi connectivity index (χ1n) is 11.0. The Balaban J connectivity index is 1.65. The topological polar surface area (TPSA) is 58.1 Å². The van der Waals surface area contributed by atoms with Gasteiger partial charge in [0.05, 0.1) is 28.7 Å². The maximum absolute atomic E-state index is 13.8. The Bertz CT molecular complexity index is 1790. The molecular formula is C28H19N3O2. The van der Waals surface area contributed by atoms with E-state index in [1.54, 1.807) is 0 Å². The molecule has 33 heavy (non-hydrogen) atoms. The molecule has 0 saturated carbocycles. The number of carbonyl (C=O) groups excluding carboxylic acids is 2. The van der Waals surface area contributed by atoms with E-state index in [-0.39, 0.29) is 18.4 Å². The third-order valence-electron chi connectivity index (χ3n) is 6.90. The highest BCUT2D eigenvalue weighted by molar-refractivity contribution is 6.39. The minimum Gasteiger partial charge on any atom is -0.354 e. The van der Waals surface area contributed by atoms with Crippen LogP contribution in [0.4, 0.5) is 0 Å². The Kier molecular flexibility index (Phi) is 3.49. The molecule has 2 amide bonds. The van der Waals surface area contributed by atoms with E-state index in [9.17, 15) is 9.59 Å². The molecule has 0 atom stereocenters. The summed E-state index contributed by atoms with van der Waals surface area (Å²) < 4.78 is 2.06. The molecule has 1 N–H and O–H groups in total. The lowest BCUT2D eigenvalue weighted by Crippen LogP contribution is -2.29. The smallest absolute Gasteiger partial charge is 0.264 e. The SMILES string of the molecule is Cn1c2ccccc2c2c3c([nH]c4ccccc43)c3c(c21)C(=O)N(Cc1ccccc1)C3=O. The van der Waals surface area contributed by atoms with Crippen molar-refractivity contribution in [2.75, 3.05) is 0 Å². The number of aromatic nitrogens is 2. The molecule has 5 nitrogen and oxygen atoms in total. The molecule has 3 heterocycles.